The van der Waals surface area contributed by atoms with Crippen LogP contribution in [-0.4, -0.2) is 16.7 Å². The minimum absolute atomic E-state index is 0.139. The maximum atomic E-state index is 12.0. The second kappa shape index (κ2) is 16.4. The Hall–Kier alpha value is -0.810. The summed E-state index contributed by atoms with van der Waals surface area (Å²) in [6, 6.07) is 8.61. The van der Waals surface area contributed by atoms with Crippen LogP contribution < -0.4 is 11.0 Å². The van der Waals surface area contributed by atoms with Crippen LogP contribution in [0.4, 0.5) is 0 Å². The molecule has 0 aromatic heterocycles. The van der Waals surface area contributed by atoms with E-state index in [1.807, 2.05) is 6.07 Å². The van der Waals surface area contributed by atoms with Crippen molar-refractivity contribution in [2.75, 3.05) is 6.61 Å². The van der Waals surface area contributed by atoms with Gasteiger partial charge in [0.1, 0.15) is 5.17 Å². The smallest absolute Gasteiger partial charge is 0.358 e. The Morgan fingerprint density at radius 2 is 1.46 bits per heavy atom. The van der Waals surface area contributed by atoms with Crippen molar-refractivity contribution in [3.8, 4) is 0 Å². The zero-order valence-corrected chi connectivity index (χ0v) is 17.7. The highest BCUT2D eigenvalue weighted by Gasteiger charge is 2.21. The normalized spacial score (nSPS) is 12.7. The van der Waals surface area contributed by atoms with Crippen molar-refractivity contribution in [1.82, 2.24) is 0 Å². The van der Waals surface area contributed by atoms with Gasteiger partial charge in [-0.1, -0.05) is 82.9 Å². The molecule has 0 aliphatic heterocycles. The van der Waals surface area contributed by atoms with Crippen molar-refractivity contribution < 1.29 is 14.0 Å². The Bertz CT molecular complexity index is 511. The van der Waals surface area contributed by atoms with E-state index in [0.29, 0.717) is 11.9 Å². The van der Waals surface area contributed by atoms with E-state index < -0.39 is 7.60 Å². The number of thiol groups is 1. The number of nitrogens with two attached hydrogens (primary N) is 1. The van der Waals surface area contributed by atoms with E-state index in [-0.39, 0.29) is 5.17 Å². The molecule has 26 heavy (non-hydrogen) atoms. The van der Waals surface area contributed by atoms with E-state index >= 15 is 0 Å². The number of unbranched alkanes of at least 4 members (excludes halogenated alkanes) is 9. The monoisotopic (exact) mass is 402 g/mol. The fraction of sp³-hybridized carbons (Fsp3) is 0.632. The average molecular weight is 403 g/mol. The van der Waals surface area contributed by atoms with Crippen molar-refractivity contribution in [2.24, 2.45) is 5.73 Å². The van der Waals surface area contributed by atoms with Crippen LogP contribution in [0.3, 0.4) is 0 Å². The van der Waals surface area contributed by atoms with Crippen molar-refractivity contribution in [3.63, 3.8) is 0 Å². The summed E-state index contributed by atoms with van der Waals surface area (Å²) in [4.78, 5) is 9.86. The predicted octanol–water partition coefficient (Wildman–Crippen LogP) is 5.24. The summed E-state index contributed by atoms with van der Waals surface area (Å²) in [6.07, 6.45) is 12.4. The molecule has 5 nitrogen and oxygen atoms in total. The molecule has 0 aliphatic rings. The first-order valence-corrected chi connectivity index (χ1v) is 11.5. The molecule has 0 spiro atoms. The van der Waals surface area contributed by atoms with E-state index in [0.717, 1.165) is 12.8 Å². The van der Waals surface area contributed by atoms with Crippen LogP contribution in [0.1, 0.15) is 71.1 Å². The number of rotatable bonds is 13. The number of amidine groups is 1. The first-order chi connectivity index (χ1) is 12.4. The molecule has 7 heteroatoms. The van der Waals surface area contributed by atoms with Crippen LogP contribution in [0.25, 0.3) is 0 Å². The van der Waals surface area contributed by atoms with E-state index in [4.69, 9.17) is 9.93 Å². The molecular weight excluding hydrogens is 367 g/mol. The first-order valence-electron chi connectivity index (χ1n) is 9.46. The fourth-order valence-electron chi connectivity index (χ4n) is 2.47. The van der Waals surface area contributed by atoms with Gasteiger partial charge in [-0.3, -0.25) is 9.97 Å². The van der Waals surface area contributed by atoms with Gasteiger partial charge in [-0.2, -0.15) is 0 Å². The van der Waals surface area contributed by atoms with Crippen molar-refractivity contribution in [1.29, 1.82) is 5.41 Å². The Kier molecular flexibility index (Phi) is 15.9. The third-order valence-electron chi connectivity index (χ3n) is 3.85. The summed E-state index contributed by atoms with van der Waals surface area (Å²) in [6.45, 7) is 2.60. The highest BCUT2D eigenvalue weighted by molar-refractivity contribution is 7.96. The van der Waals surface area contributed by atoms with E-state index in [1.165, 1.54) is 51.4 Å². The molecular formula is C19H35N2O3PS. The number of nitrogens with one attached hydrogen (secondary N) is 1. The van der Waals surface area contributed by atoms with Crippen LogP contribution in [-0.2, 0) is 9.09 Å². The van der Waals surface area contributed by atoms with Gasteiger partial charge in [-0.25, -0.2) is 0 Å². The minimum Gasteiger partial charge on any atom is -0.379 e. The largest absolute Gasteiger partial charge is 0.379 e. The van der Waals surface area contributed by atoms with Gasteiger partial charge in [0.25, 0.3) is 0 Å². The van der Waals surface area contributed by atoms with Gasteiger partial charge in [0.15, 0.2) is 0 Å². The summed E-state index contributed by atoms with van der Waals surface area (Å²) in [7, 11) is -3.62. The number of hydrogen-bond donors (Lipinski definition) is 4. The van der Waals surface area contributed by atoms with Gasteiger partial charge >= 0.3 is 7.60 Å². The van der Waals surface area contributed by atoms with Crippen molar-refractivity contribution in [2.45, 2.75) is 71.1 Å². The zero-order chi connectivity index (χ0) is 19.7. The molecule has 0 amide bonds. The van der Waals surface area contributed by atoms with E-state index in [1.54, 1.807) is 24.3 Å². The molecule has 1 unspecified atom stereocenters. The zero-order valence-electron chi connectivity index (χ0n) is 15.9. The third kappa shape index (κ3) is 15.4. The highest BCUT2D eigenvalue weighted by Crippen LogP contribution is 2.40. The third-order valence-corrected chi connectivity index (χ3v) is 5.33. The molecule has 150 valence electrons. The highest BCUT2D eigenvalue weighted by atomic mass is 32.1. The summed E-state index contributed by atoms with van der Waals surface area (Å²) in [5.74, 6) is 0. The quantitative estimate of drug-likeness (QED) is 0.119. The van der Waals surface area contributed by atoms with Crippen LogP contribution in [0.15, 0.2) is 30.3 Å². The molecule has 0 aliphatic carbocycles. The second-order valence-electron chi connectivity index (χ2n) is 6.26. The topological polar surface area (TPSA) is 96.4 Å². The molecule has 1 aromatic rings. The SMILES string of the molecule is CCCCCCCCCCCCOP(=O)(O)c1ccccc1.N=C(N)S. The first kappa shape index (κ1) is 25.2. The molecule has 0 radical (unpaired) electrons. The molecule has 1 rings (SSSR count). The van der Waals surface area contributed by atoms with Gasteiger partial charge in [0.2, 0.25) is 0 Å². The van der Waals surface area contributed by atoms with Gasteiger partial charge in [0, 0.05) is 0 Å². The van der Waals surface area contributed by atoms with Crippen LogP contribution in [0, 0.1) is 5.41 Å². The second-order valence-corrected chi connectivity index (χ2v) is 8.55. The lowest BCUT2D eigenvalue weighted by molar-refractivity contribution is 0.261. The standard InChI is InChI=1S/C18H31O3P.CH4N2S/c1-2-3-4-5-6-7-8-9-10-14-17-21-22(19,20)18-15-12-11-13-16-18;2-1(3)4/h11-13,15-16H,2-10,14,17H2,1H3,(H,19,20);(H4,2,3,4). The van der Waals surface area contributed by atoms with Crippen molar-refractivity contribution >= 4 is 30.7 Å². The Morgan fingerprint density at radius 1 is 1.04 bits per heavy atom. The van der Waals surface area contributed by atoms with E-state index in [9.17, 15) is 9.46 Å². The minimum atomic E-state index is -3.62. The van der Waals surface area contributed by atoms with E-state index in [2.05, 4.69) is 25.3 Å². The Balaban J connectivity index is 0.00000141. The summed E-state index contributed by atoms with van der Waals surface area (Å²) in [5, 5.41) is 6.38. The van der Waals surface area contributed by atoms with Crippen molar-refractivity contribution in [3.05, 3.63) is 30.3 Å². The maximum Gasteiger partial charge on any atom is 0.358 e. The van der Waals surface area contributed by atoms with Gasteiger partial charge in [-0.05, 0) is 18.6 Å². The molecule has 1 atom stereocenters. The van der Waals surface area contributed by atoms with Crippen LogP contribution in [0.5, 0.6) is 0 Å². The molecule has 4 N–H and O–H groups in total. The molecule has 1 aromatic carbocycles. The van der Waals surface area contributed by atoms with Gasteiger partial charge in [0.05, 0.1) is 11.9 Å². The maximum absolute atomic E-state index is 12.0. The number of hydrogen-bond acceptors (Lipinski definition) is 3. The fourth-order valence-corrected chi connectivity index (χ4v) is 3.54. The lowest BCUT2D eigenvalue weighted by atomic mass is 10.1. The molecule has 0 heterocycles. The Morgan fingerprint density at radius 3 is 1.92 bits per heavy atom. The molecule has 0 fully saturated rings. The number of benzene rings is 1. The molecule has 0 saturated heterocycles. The summed E-state index contributed by atoms with van der Waals surface area (Å²) in [5.41, 5.74) is 4.56. The van der Waals surface area contributed by atoms with Gasteiger partial charge in [-0.15, -0.1) is 12.6 Å². The predicted molar refractivity (Wildman–Crippen MR) is 115 cm³/mol. The Labute approximate surface area is 164 Å². The lowest BCUT2D eigenvalue weighted by Crippen LogP contribution is -2.07. The van der Waals surface area contributed by atoms with Crippen LogP contribution in [0.2, 0.25) is 0 Å². The lowest BCUT2D eigenvalue weighted by Gasteiger charge is -2.12. The van der Waals surface area contributed by atoms with Gasteiger partial charge < -0.3 is 15.2 Å². The van der Waals surface area contributed by atoms with Crippen LogP contribution >= 0.6 is 20.2 Å². The molecule has 0 bridgehead atoms. The summed E-state index contributed by atoms with van der Waals surface area (Å²) < 4.78 is 17.2. The average Bonchev–Trinajstić information content (AvgIpc) is 2.60. The molecule has 0 saturated carbocycles. The summed E-state index contributed by atoms with van der Waals surface area (Å²) >= 11 is 3.33.